The van der Waals surface area contributed by atoms with Gasteiger partial charge in [0.05, 0.1) is 24.1 Å². The smallest absolute Gasteiger partial charge is 0.146 e. The predicted octanol–water partition coefficient (Wildman–Crippen LogP) is 3.32. The van der Waals surface area contributed by atoms with E-state index in [-0.39, 0.29) is 0 Å². The van der Waals surface area contributed by atoms with Gasteiger partial charge in [-0.1, -0.05) is 0 Å². The van der Waals surface area contributed by atoms with Crippen LogP contribution in [0.4, 0.5) is 0 Å². The van der Waals surface area contributed by atoms with Crippen molar-refractivity contribution in [3.63, 3.8) is 0 Å². The molecule has 0 unspecified atom stereocenters. The maximum absolute atomic E-state index is 5.40. The minimum Gasteiger partial charge on any atom is -0.495 e. The molecule has 0 atom stereocenters. The first-order chi connectivity index (χ1) is 7.69. The summed E-state index contributed by atoms with van der Waals surface area (Å²) in [5.41, 5.74) is 1.93. The Hall–Kier alpha value is -1.29. The van der Waals surface area contributed by atoms with Crippen LogP contribution in [-0.4, -0.2) is 19.2 Å². The van der Waals surface area contributed by atoms with Crippen LogP contribution in [0.1, 0.15) is 5.56 Å². The number of methoxy groups -OCH3 is 2. The summed E-state index contributed by atoms with van der Waals surface area (Å²) in [6.07, 6.45) is 1.77. The van der Waals surface area contributed by atoms with Crippen LogP contribution >= 0.6 is 15.9 Å². The molecule has 1 heterocycles. The standard InChI is InChI=1S/C12H12BrNO2/c1-7-4-5-14-11-9(15-2)6-8(13)12(16-3)10(7)11/h4-6H,1-3H3. The Balaban J connectivity index is 2.94. The minimum atomic E-state index is 0.742. The summed E-state index contributed by atoms with van der Waals surface area (Å²) >= 11 is 3.47. The number of hydrogen-bond acceptors (Lipinski definition) is 3. The zero-order chi connectivity index (χ0) is 11.7. The van der Waals surface area contributed by atoms with Gasteiger partial charge in [-0.2, -0.15) is 0 Å². The fourth-order valence-corrected chi connectivity index (χ4v) is 2.32. The lowest BCUT2D eigenvalue weighted by Gasteiger charge is -2.12. The number of aromatic nitrogens is 1. The number of aryl methyl sites for hydroxylation is 1. The van der Waals surface area contributed by atoms with Crippen molar-refractivity contribution in [2.24, 2.45) is 0 Å². The molecule has 0 amide bonds. The van der Waals surface area contributed by atoms with Crippen molar-refractivity contribution in [2.45, 2.75) is 6.92 Å². The molecule has 0 bridgehead atoms. The first-order valence-electron chi connectivity index (χ1n) is 4.84. The van der Waals surface area contributed by atoms with Crippen molar-refractivity contribution in [1.29, 1.82) is 0 Å². The highest BCUT2D eigenvalue weighted by Crippen LogP contribution is 2.39. The number of halogens is 1. The zero-order valence-corrected chi connectivity index (χ0v) is 11.0. The summed E-state index contributed by atoms with van der Waals surface area (Å²) in [4.78, 5) is 4.34. The summed E-state index contributed by atoms with van der Waals surface area (Å²) < 4.78 is 11.6. The summed E-state index contributed by atoms with van der Waals surface area (Å²) in [6.45, 7) is 2.03. The Kier molecular flexibility index (Phi) is 3.01. The first kappa shape index (κ1) is 11.2. The highest BCUT2D eigenvalue weighted by Gasteiger charge is 2.14. The van der Waals surface area contributed by atoms with E-state index in [1.807, 2.05) is 19.1 Å². The van der Waals surface area contributed by atoms with Crippen LogP contribution in [0, 0.1) is 6.92 Å². The van der Waals surface area contributed by atoms with E-state index in [4.69, 9.17) is 9.47 Å². The second kappa shape index (κ2) is 4.29. The average Bonchev–Trinajstić information content (AvgIpc) is 2.29. The minimum absolute atomic E-state index is 0.742. The highest BCUT2D eigenvalue weighted by molar-refractivity contribution is 9.10. The lowest BCUT2D eigenvalue weighted by Crippen LogP contribution is -1.94. The van der Waals surface area contributed by atoms with Gasteiger partial charge in [-0.3, -0.25) is 4.98 Å². The van der Waals surface area contributed by atoms with Gasteiger partial charge in [-0.05, 0) is 34.5 Å². The van der Waals surface area contributed by atoms with Gasteiger partial charge in [0.25, 0.3) is 0 Å². The molecule has 0 N–H and O–H groups in total. The molecule has 2 rings (SSSR count). The number of fused-ring (bicyclic) bond motifs is 1. The van der Waals surface area contributed by atoms with Crippen LogP contribution in [0.15, 0.2) is 22.8 Å². The normalized spacial score (nSPS) is 10.5. The highest BCUT2D eigenvalue weighted by atomic mass is 79.9. The van der Waals surface area contributed by atoms with Gasteiger partial charge in [-0.15, -0.1) is 0 Å². The monoisotopic (exact) mass is 281 g/mol. The number of nitrogens with zero attached hydrogens (tertiary/aromatic N) is 1. The lowest BCUT2D eigenvalue weighted by atomic mass is 10.1. The fourth-order valence-electron chi connectivity index (χ4n) is 1.76. The molecule has 4 heteroatoms. The third-order valence-corrected chi connectivity index (χ3v) is 3.11. The number of pyridine rings is 1. The summed E-state index contributed by atoms with van der Waals surface area (Å²) in [5.74, 6) is 1.53. The molecule has 16 heavy (non-hydrogen) atoms. The van der Waals surface area contributed by atoms with E-state index in [9.17, 15) is 0 Å². The number of benzene rings is 1. The second-order valence-corrected chi connectivity index (χ2v) is 4.30. The van der Waals surface area contributed by atoms with Crippen molar-refractivity contribution < 1.29 is 9.47 Å². The molecule has 0 radical (unpaired) electrons. The quantitative estimate of drug-likeness (QED) is 0.846. The largest absolute Gasteiger partial charge is 0.495 e. The summed E-state index contributed by atoms with van der Waals surface area (Å²) in [7, 11) is 3.29. The molecule has 0 aliphatic rings. The van der Waals surface area contributed by atoms with Gasteiger partial charge in [0.1, 0.15) is 17.0 Å². The van der Waals surface area contributed by atoms with Crippen molar-refractivity contribution in [1.82, 2.24) is 4.98 Å². The molecule has 3 nitrogen and oxygen atoms in total. The molecule has 2 aromatic rings. The average molecular weight is 282 g/mol. The maximum Gasteiger partial charge on any atom is 0.146 e. The van der Waals surface area contributed by atoms with Crippen molar-refractivity contribution in [3.8, 4) is 11.5 Å². The molecule has 1 aromatic heterocycles. The SMILES string of the molecule is COc1cc(Br)c(OC)c2c(C)ccnc12. The van der Waals surface area contributed by atoms with Crippen molar-refractivity contribution >= 4 is 26.8 Å². The Morgan fingerprint density at radius 3 is 2.62 bits per heavy atom. The molecule has 0 saturated heterocycles. The molecule has 0 aliphatic heterocycles. The van der Waals surface area contributed by atoms with Gasteiger partial charge in [0, 0.05) is 12.3 Å². The number of ether oxygens (including phenoxy) is 2. The van der Waals surface area contributed by atoms with Crippen LogP contribution in [-0.2, 0) is 0 Å². The van der Waals surface area contributed by atoms with Gasteiger partial charge in [0.2, 0.25) is 0 Å². The Bertz CT molecular complexity index is 540. The lowest BCUT2D eigenvalue weighted by molar-refractivity contribution is 0.407. The molecule has 0 spiro atoms. The topological polar surface area (TPSA) is 31.4 Å². The second-order valence-electron chi connectivity index (χ2n) is 3.45. The molecular weight excluding hydrogens is 270 g/mol. The van der Waals surface area contributed by atoms with E-state index in [0.717, 1.165) is 32.4 Å². The Morgan fingerprint density at radius 2 is 2.00 bits per heavy atom. The Labute approximate surface area is 103 Å². The van der Waals surface area contributed by atoms with Crippen LogP contribution in [0.3, 0.4) is 0 Å². The van der Waals surface area contributed by atoms with E-state index in [0.29, 0.717) is 0 Å². The molecule has 84 valence electrons. The fraction of sp³-hybridized carbons (Fsp3) is 0.250. The van der Waals surface area contributed by atoms with E-state index < -0.39 is 0 Å². The van der Waals surface area contributed by atoms with E-state index in [1.54, 1.807) is 20.4 Å². The van der Waals surface area contributed by atoms with Crippen molar-refractivity contribution in [2.75, 3.05) is 14.2 Å². The zero-order valence-electron chi connectivity index (χ0n) is 9.37. The van der Waals surface area contributed by atoms with Crippen molar-refractivity contribution in [3.05, 3.63) is 28.4 Å². The maximum atomic E-state index is 5.40. The molecule has 0 aliphatic carbocycles. The van der Waals surface area contributed by atoms with Gasteiger partial charge in [-0.25, -0.2) is 0 Å². The van der Waals surface area contributed by atoms with Gasteiger partial charge < -0.3 is 9.47 Å². The third-order valence-electron chi connectivity index (χ3n) is 2.52. The number of rotatable bonds is 2. The van der Waals surface area contributed by atoms with E-state index in [2.05, 4.69) is 20.9 Å². The van der Waals surface area contributed by atoms with Crippen LogP contribution in [0.25, 0.3) is 10.9 Å². The summed E-state index contributed by atoms with van der Waals surface area (Å²) in [5, 5.41) is 0.983. The number of hydrogen-bond donors (Lipinski definition) is 0. The molecule has 1 aromatic carbocycles. The predicted molar refractivity (Wildman–Crippen MR) is 67.3 cm³/mol. The van der Waals surface area contributed by atoms with Crippen LogP contribution in [0.2, 0.25) is 0 Å². The third kappa shape index (κ3) is 1.63. The van der Waals surface area contributed by atoms with Gasteiger partial charge in [0.15, 0.2) is 0 Å². The summed E-state index contributed by atoms with van der Waals surface area (Å²) in [6, 6.07) is 3.82. The Morgan fingerprint density at radius 1 is 1.25 bits per heavy atom. The van der Waals surface area contributed by atoms with Crippen LogP contribution < -0.4 is 9.47 Å². The molecule has 0 saturated carbocycles. The van der Waals surface area contributed by atoms with Crippen LogP contribution in [0.5, 0.6) is 11.5 Å². The van der Waals surface area contributed by atoms with E-state index >= 15 is 0 Å². The molecule has 0 fully saturated rings. The van der Waals surface area contributed by atoms with E-state index in [1.165, 1.54) is 0 Å². The van der Waals surface area contributed by atoms with Gasteiger partial charge >= 0.3 is 0 Å². The molecular formula is C12H12BrNO2. The first-order valence-corrected chi connectivity index (χ1v) is 5.64.